The standard InChI is InChI=1S/C23H35BrN4O4/c1-16-13-28(17(2)15-29)23(31)19-11-18(24)12-25-22(19)32-20(16)14-26(3)21(30)7-10-27-8-5-4-6-9-27/h11-12,16-17,20,29H,4-10,13-15H2,1-3H3/t16-,17+,20+/m1/s1. The fourth-order valence-electron chi connectivity index (χ4n) is 4.29. The number of rotatable bonds is 7. The number of ether oxygens (including phenoxy) is 1. The van der Waals surface area contributed by atoms with Crippen LogP contribution < -0.4 is 4.74 Å². The zero-order valence-corrected chi connectivity index (χ0v) is 20.9. The second kappa shape index (κ2) is 11.4. The lowest BCUT2D eigenvalue weighted by molar-refractivity contribution is -0.131. The van der Waals surface area contributed by atoms with Crippen LogP contribution in [0.3, 0.4) is 0 Å². The molecule has 0 radical (unpaired) electrons. The van der Waals surface area contributed by atoms with E-state index in [1.54, 1.807) is 22.1 Å². The minimum atomic E-state index is -0.334. The van der Waals surface area contributed by atoms with E-state index in [0.717, 1.165) is 19.6 Å². The Kier molecular flexibility index (Phi) is 8.90. The summed E-state index contributed by atoms with van der Waals surface area (Å²) in [5, 5.41) is 9.70. The number of hydrogen-bond donors (Lipinski definition) is 1. The van der Waals surface area contributed by atoms with Crippen molar-refractivity contribution in [3.05, 3.63) is 22.3 Å². The molecule has 2 amide bonds. The normalized spacial score (nSPS) is 23.0. The molecule has 2 aliphatic rings. The number of likely N-dealkylation sites (tertiary alicyclic amines) is 1. The summed E-state index contributed by atoms with van der Waals surface area (Å²) in [5.74, 6) is 0.0867. The number of carbonyl (C=O) groups is 2. The average Bonchev–Trinajstić information content (AvgIpc) is 2.80. The van der Waals surface area contributed by atoms with E-state index in [4.69, 9.17) is 4.74 Å². The Morgan fingerprint density at radius 2 is 2.09 bits per heavy atom. The number of aliphatic hydroxyl groups excluding tert-OH is 1. The number of piperidine rings is 1. The summed E-state index contributed by atoms with van der Waals surface area (Å²) < 4.78 is 6.89. The molecule has 0 spiro atoms. The van der Waals surface area contributed by atoms with Gasteiger partial charge in [-0.3, -0.25) is 9.59 Å². The molecule has 1 N–H and O–H groups in total. The second-order valence-corrected chi connectivity index (χ2v) is 9.97. The molecule has 1 aromatic rings. The molecule has 1 aromatic heterocycles. The van der Waals surface area contributed by atoms with Crippen LogP contribution in [0.2, 0.25) is 0 Å². The molecule has 1 fully saturated rings. The Labute approximate surface area is 199 Å². The summed E-state index contributed by atoms with van der Waals surface area (Å²) >= 11 is 3.38. The van der Waals surface area contributed by atoms with Crippen LogP contribution in [0.5, 0.6) is 5.88 Å². The van der Waals surface area contributed by atoms with Gasteiger partial charge in [-0.1, -0.05) is 13.3 Å². The summed E-state index contributed by atoms with van der Waals surface area (Å²) in [4.78, 5) is 36.1. The molecule has 0 saturated carbocycles. The topological polar surface area (TPSA) is 86.2 Å². The number of amides is 2. The van der Waals surface area contributed by atoms with Crippen LogP contribution >= 0.6 is 15.9 Å². The minimum Gasteiger partial charge on any atom is -0.472 e. The quantitative estimate of drug-likeness (QED) is 0.605. The van der Waals surface area contributed by atoms with E-state index >= 15 is 0 Å². The Morgan fingerprint density at radius 3 is 2.78 bits per heavy atom. The molecule has 178 valence electrons. The number of halogens is 1. The van der Waals surface area contributed by atoms with Crippen LogP contribution in [0.4, 0.5) is 0 Å². The van der Waals surface area contributed by atoms with E-state index < -0.39 is 0 Å². The zero-order chi connectivity index (χ0) is 23.3. The predicted octanol–water partition coefficient (Wildman–Crippen LogP) is 2.40. The van der Waals surface area contributed by atoms with Crippen molar-refractivity contribution in [1.82, 2.24) is 19.7 Å². The first kappa shape index (κ1) is 24.9. The fraction of sp³-hybridized carbons (Fsp3) is 0.696. The highest BCUT2D eigenvalue weighted by molar-refractivity contribution is 9.10. The van der Waals surface area contributed by atoms with Crippen molar-refractivity contribution >= 4 is 27.7 Å². The van der Waals surface area contributed by atoms with Gasteiger partial charge in [-0.25, -0.2) is 4.98 Å². The largest absolute Gasteiger partial charge is 0.472 e. The number of aliphatic hydroxyl groups is 1. The van der Waals surface area contributed by atoms with E-state index in [1.807, 2.05) is 20.9 Å². The molecule has 8 nitrogen and oxygen atoms in total. The molecule has 0 bridgehead atoms. The number of nitrogens with zero attached hydrogens (tertiary/aromatic N) is 4. The summed E-state index contributed by atoms with van der Waals surface area (Å²) in [5.41, 5.74) is 0.357. The maximum atomic E-state index is 13.2. The van der Waals surface area contributed by atoms with Crippen molar-refractivity contribution < 1.29 is 19.4 Å². The molecule has 3 atom stereocenters. The van der Waals surface area contributed by atoms with Crippen LogP contribution in [-0.4, -0.2) is 95.1 Å². The summed E-state index contributed by atoms with van der Waals surface area (Å²) in [7, 11) is 1.81. The van der Waals surface area contributed by atoms with E-state index in [0.29, 0.717) is 29.5 Å². The Morgan fingerprint density at radius 1 is 1.38 bits per heavy atom. The minimum absolute atomic E-state index is 0.0520. The summed E-state index contributed by atoms with van der Waals surface area (Å²) in [6, 6.07) is 1.36. The fourth-order valence-corrected chi connectivity index (χ4v) is 4.63. The van der Waals surface area contributed by atoms with Gasteiger partial charge in [0.25, 0.3) is 5.91 Å². The van der Waals surface area contributed by atoms with E-state index in [9.17, 15) is 14.7 Å². The lowest BCUT2D eigenvalue weighted by atomic mass is 10.00. The molecular formula is C23H35BrN4O4. The smallest absolute Gasteiger partial charge is 0.259 e. The Balaban J connectivity index is 1.72. The molecule has 9 heteroatoms. The van der Waals surface area contributed by atoms with Crippen LogP contribution in [0.1, 0.15) is 49.9 Å². The number of aromatic nitrogens is 1. The van der Waals surface area contributed by atoms with Gasteiger partial charge < -0.3 is 24.5 Å². The zero-order valence-electron chi connectivity index (χ0n) is 19.3. The van der Waals surface area contributed by atoms with Crippen LogP contribution in [0.25, 0.3) is 0 Å². The van der Waals surface area contributed by atoms with Gasteiger partial charge in [-0.2, -0.15) is 0 Å². The molecule has 2 aliphatic heterocycles. The maximum absolute atomic E-state index is 13.2. The maximum Gasteiger partial charge on any atom is 0.259 e. The highest BCUT2D eigenvalue weighted by Crippen LogP contribution is 2.28. The van der Waals surface area contributed by atoms with Gasteiger partial charge in [0.05, 0.1) is 19.2 Å². The molecular weight excluding hydrogens is 476 g/mol. The number of hydrogen-bond acceptors (Lipinski definition) is 6. The lowest BCUT2D eigenvalue weighted by Crippen LogP contribution is -2.50. The second-order valence-electron chi connectivity index (χ2n) is 9.06. The highest BCUT2D eigenvalue weighted by atomic mass is 79.9. The van der Waals surface area contributed by atoms with Crippen molar-refractivity contribution in [3.63, 3.8) is 0 Å². The first-order chi connectivity index (χ1) is 15.3. The van der Waals surface area contributed by atoms with Gasteiger partial charge in [0, 0.05) is 43.1 Å². The first-order valence-electron chi connectivity index (χ1n) is 11.5. The average molecular weight is 511 g/mol. The van der Waals surface area contributed by atoms with Crippen molar-refractivity contribution in [2.75, 3.05) is 46.4 Å². The third kappa shape index (κ3) is 6.20. The number of fused-ring (bicyclic) bond motifs is 1. The molecule has 3 rings (SSSR count). The Hall–Kier alpha value is -1.71. The molecule has 3 heterocycles. The molecule has 0 aromatic carbocycles. The van der Waals surface area contributed by atoms with E-state index in [1.165, 1.54) is 19.3 Å². The van der Waals surface area contributed by atoms with E-state index in [2.05, 4.69) is 25.8 Å². The van der Waals surface area contributed by atoms with Gasteiger partial charge in [0.1, 0.15) is 11.7 Å². The molecule has 1 saturated heterocycles. The monoisotopic (exact) mass is 510 g/mol. The van der Waals surface area contributed by atoms with Crippen molar-refractivity contribution in [1.29, 1.82) is 0 Å². The summed E-state index contributed by atoms with van der Waals surface area (Å²) in [6.07, 6.45) is 5.46. The van der Waals surface area contributed by atoms with Crippen LogP contribution in [-0.2, 0) is 4.79 Å². The van der Waals surface area contributed by atoms with Gasteiger partial charge in [0.2, 0.25) is 11.8 Å². The first-order valence-corrected chi connectivity index (χ1v) is 12.3. The lowest BCUT2D eigenvalue weighted by Gasteiger charge is -2.37. The van der Waals surface area contributed by atoms with Gasteiger partial charge in [0.15, 0.2) is 0 Å². The van der Waals surface area contributed by atoms with Crippen LogP contribution in [0.15, 0.2) is 16.7 Å². The van der Waals surface area contributed by atoms with Gasteiger partial charge >= 0.3 is 0 Å². The number of pyridine rings is 1. The number of likely N-dealkylation sites (N-methyl/N-ethyl adjacent to an activating group) is 1. The molecule has 0 unspecified atom stereocenters. The van der Waals surface area contributed by atoms with Crippen molar-refractivity contribution in [3.8, 4) is 5.88 Å². The van der Waals surface area contributed by atoms with E-state index in [-0.39, 0.29) is 42.4 Å². The third-order valence-electron chi connectivity index (χ3n) is 6.46. The predicted molar refractivity (Wildman–Crippen MR) is 126 cm³/mol. The molecule has 32 heavy (non-hydrogen) atoms. The van der Waals surface area contributed by atoms with Crippen LogP contribution in [0, 0.1) is 5.92 Å². The van der Waals surface area contributed by atoms with Crippen molar-refractivity contribution in [2.45, 2.75) is 51.7 Å². The Bertz CT molecular complexity index is 802. The van der Waals surface area contributed by atoms with Crippen molar-refractivity contribution in [2.24, 2.45) is 5.92 Å². The third-order valence-corrected chi connectivity index (χ3v) is 6.89. The molecule has 0 aliphatic carbocycles. The highest BCUT2D eigenvalue weighted by Gasteiger charge is 2.34. The number of carbonyl (C=O) groups excluding carboxylic acids is 2. The summed E-state index contributed by atoms with van der Waals surface area (Å²) in [6.45, 7) is 7.47. The van der Waals surface area contributed by atoms with Gasteiger partial charge in [-0.15, -0.1) is 0 Å². The SMILES string of the molecule is C[C@@H]1CN([C@@H](C)CO)C(=O)c2cc(Br)cnc2O[C@H]1CN(C)C(=O)CCN1CCCCC1. The van der Waals surface area contributed by atoms with Gasteiger partial charge in [-0.05, 0) is 54.9 Å².